The van der Waals surface area contributed by atoms with Crippen molar-refractivity contribution < 1.29 is 18.8 Å². The highest BCUT2D eigenvalue weighted by atomic mass is 35.5. The number of nitrogens with zero attached hydrogens (tertiary/aromatic N) is 3. The van der Waals surface area contributed by atoms with Crippen LogP contribution in [0, 0.1) is 0 Å². The number of fused-ring (bicyclic) bond motifs is 2. The molecule has 3 heterocycles. The molecule has 2 aliphatic rings. The van der Waals surface area contributed by atoms with Crippen LogP contribution in [0.4, 0.5) is 17.1 Å². The van der Waals surface area contributed by atoms with Crippen LogP contribution in [-0.2, 0) is 4.79 Å². The first-order chi connectivity index (χ1) is 16.0. The van der Waals surface area contributed by atoms with Crippen molar-refractivity contribution in [3.63, 3.8) is 0 Å². The fraction of sp³-hybridized carbons (Fsp3) is 0.208. The quantitative estimate of drug-likeness (QED) is 0.639. The Morgan fingerprint density at radius 2 is 1.76 bits per heavy atom. The summed E-state index contributed by atoms with van der Waals surface area (Å²) in [6.07, 6.45) is 1.48. The number of benzene rings is 2. The van der Waals surface area contributed by atoms with Crippen LogP contribution >= 0.6 is 11.6 Å². The van der Waals surface area contributed by atoms with E-state index in [1.807, 2.05) is 4.90 Å². The number of nitrogens with one attached hydrogen (secondary N) is 1. The van der Waals surface area contributed by atoms with E-state index in [-0.39, 0.29) is 24.3 Å². The topological polar surface area (TPSA) is 86.1 Å². The van der Waals surface area contributed by atoms with Crippen molar-refractivity contribution in [1.29, 1.82) is 0 Å². The molecule has 0 radical (unpaired) electrons. The van der Waals surface area contributed by atoms with Crippen LogP contribution < -0.4 is 10.2 Å². The lowest BCUT2D eigenvalue weighted by Crippen LogP contribution is -2.51. The molecule has 0 bridgehead atoms. The first kappa shape index (κ1) is 21.2. The summed E-state index contributed by atoms with van der Waals surface area (Å²) in [5, 5.41) is 3.32. The van der Waals surface area contributed by atoms with Crippen LogP contribution in [0.25, 0.3) is 0 Å². The molecule has 1 saturated heterocycles. The van der Waals surface area contributed by atoms with Gasteiger partial charge in [0, 0.05) is 31.2 Å². The number of rotatable bonds is 3. The molecule has 33 heavy (non-hydrogen) atoms. The molecule has 3 aromatic rings. The minimum Gasteiger partial charge on any atom is -0.459 e. The van der Waals surface area contributed by atoms with E-state index in [1.54, 1.807) is 64.4 Å². The molecule has 168 valence electrons. The summed E-state index contributed by atoms with van der Waals surface area (Å²) in [6.45, 7) is 2.25. The standard InChI is InChI=1S/C24H21ClN4O4/c25-16-7-8-20-18(14-16)26-23(31)17-4-1-2-5-19(17)29(20)22(30)15-27-9-11-28(12-10-27)24(32)21-6-3-13-33-21/h1-8,13-14H,9-12,15H2,(H,26,31). The van der Waals surface area contributed by atoms with Crippen LogP contribution in [0.3, 0.4) is 0 Å². The summed E-state index contributed by atoms with van der Waals surface area (Å²) >= 11 is 6.15. The van der Waals surface area contributed by atoms with Crippen LogP contribution in [-0.4, -0.2) is 60.2 Å². The van der Waals surface area contributed by atoms with Gasteiger partial charge in [0.25, 0.3) is 11.8 Å². The van der Waals surface area contributed by atoms with Crippen molar-refractivity contribution in [3.05, 3.63) is 77.2 Å². The number of anilines is 3. The van der Waals surface area contributed by atoms with Gasteiger partial charge in [-0.3, -0.25) is 24.2 Å². The highest BCUT2D eigenvalue weighted by molar-refractivity contribution is 6.31. The van der Waals surface area contributed by atoms with Crippen LogP contribution in [0.15, 0.2) is 65.3 Å². The number of hydrogen-bond acceptors (Lipinski definition) is 5. The van der Waals surface area contributed by atoms with E-state index < -0.39 is 0 Å². The summed E-state index contributed by atoms with van der Waals surface area (Å²) in [5.74, 6) is -0.307. The second-order valence-corrected chi connectivity index (χ2v) is 8.34. The molecule has 0 unspecified atom stereocenters. The second kappa shape index (κ2) is 8.73. The van der Waals surface area contributed by atoms with E-state index in [4.69, 9.17) is 16.0 Å². The van der Waals surface area contributed by atoms with Crippen molar-refractivity contribution >= 4 is 46.4 Å². The molecule has 1 aromatic heterocycles. The first-order valence-corrected chi connectivity index (χ1v) is 11.0. The predicted octanol–water partition coefficient (Wildman–Crippen LogP) is 3.62. The Morgan fingerprint density at radius 3 is 2.52 bits per heavy atom. The van der Waals surface area contributed by atoms with Crippen LogP contribution in [0.5, 0.6) is 0 Å². The first-order valence-electron chi connectivity index (χ1n) is 10.6. The van der Waals surface area contributed by atoms with Crippen LogP contribution in [0.1, 0.15) is 20.9 Å². The maximum atomic E-state index is 13.6. The largest absolute Gasteiger partial charge is 0.459 e. The van der Waals surface area contributed by atoms with Gasteiger partial charge in [0.1, 0.15) is 0 Å². The zero-order chi connectivity index (χ0) is 22.9. The third-order valence-electron chi connectivity index (χ3n) is 5.84. The van der Waals surface area contributed by atoms with E-state index in [2.05, 4.69) is 5.32 Å². The highest BCUT2D eigenvalue weighted by Gasteiger charge is 2.31. The minimum atomic E-state index is -0.297. The number of amides is 3. The van der Waals surface area contributed by atoms with Gasteiger partial charge in [-0.1, -0.05) is 23.7 Å². The number of para-hydroxylation sites is 1. The molecule has 0 saturated carbocycles. The number of hydrogen-bond donors (Lipinski definition) is 1. The average molecular weight is 465 g/mol. The maximum absolute atomic E-state index is 13.6. The Hall–Kier alpha value is -3.62. The second-order valence-electron chi connectivity index (χ2n) is 7.91. The third-order valence-corrected chi connectivity index (χ3v) is 6.07. The lowest BCUT2D eigenvalue weighted by molar-refractivity contribution is -0.119. The van der Waals surface area contributed by atoms with Gasteiger partial charge in [-0.05, 0) is 42.5 Å². The number of halogens is 1. The summed E-state index contributed by atoms with van der Waals surface area (Å²) in [7, 11) is 0. The molecule has 5 rings (SSSR count). The van der Waals surface area contributed by atoms with Crippen molar-refractivity contribution in [1.82, 2.24) is 9.80 Å². The Morgan fingerprint density at radius 1 is 0.970 bits per heavy atom. The number of carbonyl (C=O) groups is 3. The van der Waals surface area contributed by atoms with Crippen molar-refractivity contribution in [3.8, 4) is 0 Å². The molecule has 2 aliphatic heterocycles. The van der Waals surface area contributed by atoms with Gasteiger partial charge in [-0.2, -0.15) is 0 Å². The van der Waals surface area contributed by atoms with E-state index >= 15 is 0 Å². The van der Waals surface area contributed by atoms with Gasteiger partial charge < -0.3 is 14.6 Å². The highest BCUT2D eigenvalue weighted by Crippen LogP contribution is 2.39. The van der Waals surface area contributed by atoms with E-state index in [0.717, 1.165) is 0 Å². The van der Waals surface area contributed by atoms with E-state index in [1.165, 1.54) is 6.26 Å². The number of furan rings is 1. The van der Waals surface area contributed by atoms with Crippen LogP contribution in [0.2, 0.25) is 5.02 Å². The fourth-order valence-corrected chi connectivity index (χ4v) is 4.35. The fourth-order valence-electron chi connectivity index (χ4n) is 4.18. The Bertz CT molecular complexity index is 1220. The molecule has 1 N–H and O–H groups in total. The normalized spacial score (nSPS) is 16.0. The lowest BCUT2D eigenvalue weighted by Gasteiger charge is -2.35. The zero-order valence-corrected chi connectivity index (χ0v) is 18.4. The van der Waals surface area contributed by atoms with Gasteiger partial charge in [0.2, 0.25) is 5.91 Å². The number of piperazine rings is 1. The lowest BCUT2D eigenvalue weighted by atomic mass is 10.1. The third kappa shape index (κ3) is 4.10. The minimum absolute atomic E-state index is 0.146. The summed E-state index contributed by atoms with van der Waals surface area (Å²) in [6, 6.07) is 15.4. The van der Waals surface area contributed by atoms with Crippen molar-refractivity contribution in [2.24, 2.45) is 0 Å². The molecule has 0 spiro atoms. The molecular formula is C24H21ClN4O4. The van der Waals surface area contributed by atoms with Crippen molar-refractivity contribution in [2.45, 2.75) is 0 Å². The Labute approximate surface area is 195 Å². The van der Waals surface area contributed by atoms with Gasteiger partial charge in [-0.15, -0.1) is 0 Å². The predicted molar refractivity (Wildman–Crippen MR) is 124 cm³/mol. The molecule has 0 atom stereocenters. The Kier molecular flexibility index (Phi) is 5.62. The SMILES string of the molecule is O=C1Nc2cc(Cl)ccc2N(C(=O)CN2CCN(C(=O)c3ccco3)CC2)c2ccccc21. The summed E-state index contributed by atoms with van der Waals surface area (Å²) < 4.78 is 5.21. The Balaban J connectivity index is 1.36. The maximum Gasteiger partial charge on any atom is 0.289 e. The molecule has 1 fully saturated rings. The smallest absolute Gasteiger partial charge is 0.289 e. The van der Waals surface area contributed by atoms with E-state index in [9.17, 15) is 14.4 Å². The summed E-state index contributed by atoms with van der Waals surface area (Å²) in [4.78, 5) is 44.1. The monoisotopic (exact) mass is 464 g/mol. The average Bonchev–Trinajstić information content (AvgIpc) is 3.32. The molecule has 8 nitrogen and oxygen atoms in total. The molecule has 3 amide bonds. The van der Waals surface area contributed by atoms with Gasteiger partial charge >= 0.3 is 0 Å². The molecule has 9 heteroatoms. The molecular weight excluding hydrogens is 444 g/mol. The zero-order valence-electron chi connectivity index (χ0n) is 17.7. The van der Waals surface area contributed by atoms with Gasteiger partial charge in [0.15, 0.2) is 5.76 Å². The summed E-state index contributed by atoms with van der Waals surface area (Å²) in [5.41, 5.74) is 1.97. The van der Waals surface area contributed by atoms with Gasteiger partial charge in [0.05, 0.1) is 35.4 Å². The van der Waals surface area contributed by atoms with Crippen molar-refractivity contribution in [2.75, 3.05) is 42.9 Å². The number of carbonyl (C=O) groups excluding carboxylic acids is 3. The van der Waals surface area contributed by atoms with Gasteiger partial charge in [-0.25, -0.2) is 0 Å². The molecule has 2 aromatic carbocycles. The molecule has 0 aliphatic carbocycles. The van der Waals surface area contributed by atoms with E-state index in [0.29, 0.717) is 59.6 Å².